The molecular weight excluding hydrogens is 278 g/mol. The quantitative estimate of drug-likeness (QED) is 0.871. The van der Waals surface area contributed by atoms with Gasteiger partial charge >= 0.3 is 5.97 Å². The van der Waals surface area contributed by atoms with Crippen LogP contribution in [0.3, 0.4) is 0 Å². The lowest BCUT2D eigenvalue weighted by atomic mass is 10.1. The average molecular weight is 293 g/mol. The standard InChI is InChI=1S/C13H15N3O3S/c1-8-4-6-16(11(17)10(8)12(18)19)5-2-3-9-7-20-13(14)15-9/h4,6-7H,2-3,5H2,1H3,(H2,14,15)(H,18,19). The minimum absolute atomic E-state index is 0.162. The molecule has 2 aromatic rings. The van der Waals surface area contributed by atoms with Gasteiger partial charge in [0.1, 0.15) is 5.56 Å². The predicted molar refractivity (Wildman–Crippen MR) is 77.2 cm³/mol. The van der Waals surface area contributed by atoms with E-state index in [-0.39, 0.29) is 5.56 Å². The third-order valence-electron chi connectivity index (χ3n) is 2.99. The summed E-state index contributed by atoms with van der Waals surface area (Å²) in [5.41, 5.74) is 6.29. The van der Waals surface area contributed by atoms with Gasteiger partial charge in [-0.15, -0.1) is 11.3 Å². The van der Waals surface area contributed by atoms with Crippen LogP contribution in [0.4, 0.5) is 5.13 Å². The minimum Gasteiger partial charge on any atom is -0.477 e. The van der Waals surface area contributed by atoms with Gasteiger partial charge in [-0.2, -0.15) is 0 Å². The Morgan fingerprint density at radius 3 is 2.90 bits per heavy atom. The predicted octanol–water partition coefficient (Wildman–Crippen LogP) is 1.53. The second kappa shape index (κ2) is 5.87. The molecule has 0 aliphatic heterocycles. The molecule has 0 spiro atoms. The maximum absolute atomic E-state index is 12.0. The fraction of sp³-hybridized carbons (Fsp3) is 0.308. The third-order valence-corrected chi connectivity index (χ3v) is 3.71. The van der Waals surface area contributed by atoms with Gasteiger partial charge in [0.2, 0.25) is 0 Å². The molecule has 0 aliphatic rings. The van der Waals surface area contributed by atoms with Crippen LogP contribution < -0.4 is 11.3 Å². The van der Waals surface area contributed by atoms with E-state index >= 15 is 0 Å². The monoisotopic (exact) mass is 293 g/mol. The van der Waals surface area contributed by atoms with Crippen molar-refractivity contribution in [2.24, 2.45) is 0 Å². The lowest BCUT2D eigenvalue weighted by Crippen LogP contribution is -2.27. The number of nitrogen functional groups attached to an aromatic ring is 1. The second-order valence-corrected chi connectivity index (χ2v) is 5.35. The van der Waals surface area contributed by atoms with Crippen molar-refractivity contribution in [3.8, 4) is 0 Å². The highest BCUT2D eigenvalue weighted by atomic mass is 32.1. The number of carboxylic acid groups (broad SMARTS) is 1. The Kier molecular flexibility index (Phi) is 4.19. The number of anilines is 1. The Labute approximate surface area is 119 Å². The lowest BCUT2D eigenvalue weighted by Gasteiger charge is -2.07. The molecule has 0 saturated heterocycles. The summed E-state index contributed by atoms with van der Waals surface area (Å²) in [6.45, 7) is 2.07. The van der Waals surface area contributed by atoms with E-state index < -0.39 is 11.5 Å². The van der Waals surface area contributed by atoms with E-state index in [4.69, 9.17) is 10.8 Å². The SMILES string of the molecule is Cc1ccn(CCCc2csc(N)n2)c(=O)c1C(=O)O. The molecule has 7 heteroatoms. The molecule has 0 bridgehead atoms. The number of nitrogens with two attached hydrogens (primary N) is 1. The normalized spacial score (nSPS) is 10.7. The smallest absolute Gasteiger partial charge is 0.341 e. The number of nitrogens with zero attached hydrogens (tertiary/aromatic N) is 2. The number of hydrogen-bond acceptors (Lipinski definition) is 5. The van der Waals surface area contributed by atoms with E-state index in [1.165, 1.54) is 15.9 Å². The highest BCUT2D eigenvalue weighted by Crippen LogP contribution is 2.12. The molecule has 0 fully saturated rings. The average Bonchev–Trinajstić information content (AvgIpc) is 2.77. The molecule has 0 aromatic carbocycles. The van der Waals surface area contributed by atoms with Gasteiger partial charge in [0.25, 0.3) is 5.56 Å². The summed E-state index contributed by atoms with van der Waals surface area (Å²) in [4.78, 5) is 27.2. The van der Waals surface area contributed by atoms with Gasteiger partial charge in [0, 0.05) is 18.1 Å². The molecule has 0 unspecified atom stereocenters. The summed E-state index contributed by atoms with van der Waals surface area (Å²) >= 11 is 1.38. The van der Waals surface area contributed by atoms with E-state index in [0.717, 1.165) is 5.69 Å². The zero-order valence-corrected chi connectivity index (χ0v) is 11.8. The van der Waals surface area contributed by atoms with Crippen molar-refractivity contribution >= 4 is 22.4 Å². The molecule has 2 aromatic heterocycles. The number of aryl methyl sites for hydroxylation is 3. The van der Waals surface area contributed by atoms with Crippen LogP contribution >= 0.6 is 11.3 Å². The van der Waals surface area contributed by atoms with Crippen molar-refractivity contribution in [3.05, 3.63) is 44.8 Å². The summed E-state index contributed by atoms with van der Waals surface area (Å²) < 4.78 is 1.42. The van der Waals surface area contributed by atoms with E-state index in [1.54, 1.807) is 19.2 Å². The molecule has 0 saturated carbocycles. The molecule has 0 amide bonds. The molecule has 106 valence electrons. The van der Waals surface area contributed by atoms with Crippen molar-refractivity contribution in [2.75, 3.05) is 5.73 Å². The van der Waals surface area contributed by atoms with Gasteiger partial charge < -0.3 is 15.4 Å². The van der Waals surface area contributed by atoms with Crippen LogP contribution in [0.2, 0.25) is 0 Å². The van der Waals surface area contributed by atoms with Crippen LogP contribution in [0.1, 0.15) is 28.0 Å². The first-order chi connectivity index (χ1) is 9.49. The van der Waals surface area contributed by atoms with Crippen LogP contribution in [0.25, 0.3) is 0 Å². The van der Waals surface area contributed by atoms with Crippen LogP contribution in [0.5, 0.6) is 0 Å². The molecule has 6 nitrogen and oxygen atoms in total. The van der Waals surface area contributed by atoms with Crippen molar-refractivity contribution in [3.63, 3.8) is 0 Å². The van der Waals surface area contributed by atoms with E-state index in [2.05, 4.69) is 4.98 Å². The number of carbonyl (C=O) groups is 1. The van der Waals surface area contributed by atoms with Gasteiger partial charge in [0.15, 0.2) is 5.13 Å². The summed E-state index contributed by atoms with van der Waals surface area (Å²) in [5, 5.41) is 11.5. The number of hydrogen-bond donors (Lipinski definition) is 2. The Hall–Kier alpha value is -2.15. The zero-order valence-electron chi connectivity index (χ0n) is 11.0. The topological polar surface area (TPSA) is 98.2 Å². The Bertz CT molecular complexity index is 690. The van der Waals surface area contributed by atoms with Gasteiger partial charge in [-0.05, 0) is 31.4 Å². The molecule has 0 radical (unpaired) electrons. The maximum atomic E-state index is 12.0. The highest BCUT2D eigenvalue weighted by molar-refractivity contribution is 7.13. The molecular formula is C13H15N3O3S. The molecule has 2 heterocycles. The number of aromatic carboxylic acids is 1. The van der Waals surface area contributed by atoms with Crippen molar-refractivity contribution < 1.29 is 9.90 Å². The highest BCUT2D eigenvalue weighted by Gasteiger charge is 2.14. The number of aromatic nitrogens is 2. The number of rotatable bonds is 5. The first kappa shape index (κ1) is 14.3. The summed E-state index contributed by atoms with van der Waals surface area (Å²) in [6.07, 6.45) is 3.03. The maximum Gasteiger partial charge on any atom is 0.341 e. The first-order valence-electron chi connectivity index (χ1n) is 6.12. The molecule has 0 aliphatic carbocycles. The van der Waals surface area contributed by atoms with Crippen LogP contribution in [-0.2, 0) is 13.0 Å². The van der Waals surface area contributed by atoms with E-state index in [1.807, 2.05) is 5.38 Å². The zero-order chi connectivity index (χ0) is 14.7. The van der Waals surface area contributed by atoms with Crippen molar-refractivity contribution in [1.29, 1.82) is 0 Å². The molecule has 20 heavy (non-hydrogen) atoms. The molecule has 2 rings (SSSR count). The molecule has 0 atom stereocenters. The minimum atomic E-state index is -1.19. The van der Waals surface area contributed by atoms with Gasteiger partial charge in [-0.1, -0.05) is 0 Å². The third kappa shape index (κ3) is 3.05. The van der Waals surface area contributed by atoms with Gasteiger partial charge in [-0.3, -0.25) is 4.79 Å². The Morgan fingerprint density at radius 2 is 2.30 bits per heavy atom. The summed E-state index contributed by atoms with van der Waals surface area (Å²) in [7, 11) is 0. The summed E-state index contributed by atoms with van der Waals surface area (Å²) in [6, 6.07) is 1.64. The Balaban J connectivity index is 2.09. The van der Waals surface area contributed by atoms with Crippen LogP contribution in [-0.4, -0.2) is 20.6 Å². The fourth-order valence-electron chi connectivity index (χ4n) is 1.97. The van der Waals surface area contributed by atoms with Gasteiger partial charge in [-0.25, -0.2) is 9.78 Å². The Morgan fingerprint density at radius 1 is 1.55 bits per heavy atom. The van der Waals surface area contributed by atoms with Gasteiger partial charge in [0.05, 0.1) is 5.69 Å². The van der Waals surface area contributed by atoms with Crippen molar-refractivity contribution in [1.82, 2.24) is 9.55 Å². The number of carboxylic acids is 1. The van der Waals surface area contributed by atoms with Crippen molar-refractivity contribution in [2.45, 2.75) is 26.3 Å². The van der Waals surface area contributed by atoms with E-state index in [9.17, 15) is 9.59 Å². The van der Waals surface area contributed by atoms with Crippen LogP contribution in [0, 0.1) is 6.92 Å². The number of thiazole rings is 1. The lowest BCUT2D eigenvalue weighted by molar-refractivity contribution is 0.0693. The second-order valence-electron chi connectivity index (χ2n) is 4.46. The summed E-state index contributed by atoms with van der Waals surface area (Å²) in [5.74, 6) is -1.19. The fourth-order valence-corrected chi connectivity index (χ4v) is 2.57. The number of pyridine rings is 1. The largest absolute Gasteiger partial charge is 0.477 e. The first-order valence-corrected chi connectivity index (χ1v) is 7.00. The van der Waals surface area contributed by atoms with Crippen LogP contribution in [0.15, 0.2) is 22.4 Å². The van der Waals surface area contributed by atoms with E-state index in [0.29, 0.717) is 30.1 Å². The molecule has 3 N–H and O–H groups in total.